The van der Waals surface area contributed by atoms with Gasteiger partial charge in [0.15, 0.2) is 0 Å². The number of aromatic amines is 3. The van der Waals surface area contributed by atoms with Gasteiger partial charge >= 0.3 is 5.69 Å². The van der Waals surface area contributed by atoms with Crippen LogP contribution in [0, 0.1) is 10.1 Å². The van der Waals surface area contributed by atoms with Gasteiger partial charge in [0.25, 0.3) is 21.6 Å². The summed E-state index contributed by atoms with van der Waals surface area (Å²) in [4.78, 5) is 46.5. The lowest BCUT2D eigenvalue weighted by Crippen LogP contribution is -2.23. The third kappa shape index (κ3) is 4.52. The first kappa shape index (κ1) is 22.8. The normalized spacial score (nSPS) is 11.6. The van der Waals surface area contributed by atoms with Crippen LogP contribution in [0.4, 0.5) is 11.4 Å². The molecule has 5 N–H and O–H groups in total. The van der Waals surface area contributed by atoms with Crippen LogP contribution in [0.2, 0.25) is 0 Å². The van der Waals surface area contributed by atoms with Crippen molar-refractivity contribution < 1.29 is 18.1 Å². The second-order valence-electron chi connectivity index (χ2n) is 7.79. The number of amides is 1. The van der Waals surface area contributed by atoms with Crippen LogP contribution in [0.3, 0.4) is 0 Å². The van der Waals surface area contributed by atoms with E-state index in [-0.39, 0.29) is 28.4 Å². The topological polar surface area (TPSA) is 196 Å². The van der Waals surface area contributed by atoms with Crippen molar-refractivity contribution in [3.63, 3.8) is 0 Å². The predicted molar refractivity (Wildman–Crippen MR) is 130 cm³/mol. The van der Waals surface area contributed by atoms with E-state index < -0.39 is 26.5 Å². The fraction of sp³-hybridized carbons (Fsp3) is 0.0455. The van der Waals surface area contributed by atoms with E-state index in [1.807, 2.05) is 0 Å². The van der Waals surface area contributed by atoms with Crippen LogP contribution >= 0.6 is 0 Å². The van der Waals surface area contributed by atoms with Gasteiger partial charge in [-0.15, -0.1) is 0 Å². The van der Waals surface area contributed by atoms with E-state index in [2.05, 4.69) is 30.0 Å². The second kappa shape index (κ2) is 8.66. The van der Waals surface area contributed by atoms with Gasteiger partial charge < -0.3 is 20.3 Å². The van der Waals surface area contributed by atoms with Gasteiger partial charge in [-0.25, -0.2) is 18.2 Å². The monoisotopic (exact) mass is 507 g/mol. The van der Waals surface area contributed by atoms with Crippen LogP contribution < -0.4 is 15.7 Å². The van der Waals surface area contributed by atoms with Gasteiger partial charge in [0, 0.05) is 23.4 Å². The summed E-state index contributed by atoms with van der Waals surface area (Å²) in [6.45, 7) is 0.0550. The highest BCUT2D eigenvalue weighted by molar-refractivity contribution is 7.92. The van der Waals surface area contributed by atoms with E-state index in [9.17, 15) is 28.1 Å². The molecule has 0 aliphatic carbocycles. The van der Waals surface area contributed by atoms with Gasteiger partial charge in [0.05, 0.1) is 38.4 Å². The lowest BCUT2D eigenvalue weighted by atomic mass is 10.2. The number of benzene rings is 3. The van der Waals surface area contributed by atoms with Gasteiger partial charge in [-0.3, -0.25) is 19.6 Å². The smallest absolute Gasteiger partial charge is 0.323 e. The molecule has 5 aromatic rings. The number of rotatable bonds is 7. The number of anilines is 1. The first-order chi connectivity index (χ1) is 17.2. The molecule has 0 radical (unpaired) electrons. The Bertz CT molecular complexity index is 1800. The molecule has 0 aliphatic heterocycles. The Kier molecular flexibility index (Phi) is 5.49. The van der Waals surface area contributed by atoms with Crippen LogP contribution in [0.25, 0.3) is 22.1 Å². The molecule has 0 bridgehead atoms. The maximum Gasteiger partial charge on any atom is 0.323 e. The van der Waals surface area contributed by atoms with Crippen molar-refractivity contribution in [1.29, 1.82) is 0 Å². The van der Waals surface area contributed by atoms with Crippen LogP contribution in [0.15, 0.2) is 70.4 Å². The van der Waals surface area contributed by atoms with E-state index in [0.717, 1.165) is 0 Å². The van der Waals surface area contributed by atoms with Crippen molar-refractivity contribution in [3.05, 3.63) is 92.7 Å². The molecule has 0 saturated heterocycles. The number of fused-ring (bicyclic) bond motifs is 2. The van der Waals surface area contributed by atoms with Crippen LogP contribution in [-0.4, -0.2) is 39.2 Å². The third-order valence-corrected chi connectivity index (χ3v) is 6.72. The number of carbonyl (C=O) groups excluding carboxylic acids is 1. The average molecular weight is 507 g/mol. The maximum absolute atomic E-state index is 12.7. The summed E-state index contributed by atoms with van der Waals surface area (Å²) in [5.74, 6) is 0.00155. The highest BCUT2D eigenvalue weighted by Crippen LogP contribution is 2.20. The predicted octanol–water partition coefficient (Wildman–Crippen LogP) is 2.37. The fourth-order valence-corrected chi connectivity index (χ4v) is 4.68. The molecule has 0 spiro atoms. The minimum absolute atomic E-state index is 0.0387. The molecule has 5 rings (SSSR count). The van der Waals surface area contributed by atoms with E-state index in [1.165, 1.54) is 60.7 Å². The zero-order valence-electron chi connectivity index (χ0n) is 18.2. The Morgan fingerprint density at radius 2 is 1.69 bits per heavy atom. The quantitative estimate of drug-likeness (QED) is 0.165. The fourth-order valence-electron chi connectivity index (χ4n) is 3.60. The zero-order valence-corrected chi connectivity index (χ0v) is 19.0. The Labute approximate surface area is 201 Å². The number of hydrogen-bond donors (Lipinski definition) is 5. The number of carbonyl (C=O) groups is 1. The van der Waals surface area contributed by atoms with E-state index in [0.29, 0.717) is 27.9 Å². The molecule has 3 aromatic carbocycles. The lowest BCUT2D eigenvalue weighted by molar-refractivity contribution is -0.384. The number of aromatic nitrogens is 4. The summed E-state index contributed by atoms with van der Waals surface area (Å²) in [6.07, 6.45) is 0. The lowest BCUT2D eigenvalue weighted by Gasteiger charge is -2.09. The Balaban J connectivity index is 1.24. The van der Waals surface area contributed by atoms with Crippen LogP contribution in [0.5, 0.6) is 0 Å². The van der Waals surface area contributed by atoms with Gasteiger partial charge in [-0.05, 0) is 48.5 Å². The maximum atomic E-state index is 12.7. The number of imidazole rings is 2. The standard InChI is InChI=1S/C22H17N7O6S/c30-21(23-11-20-24-16-7-5-14(29(32)33)9-18(16)25-20)12-1-3-13(4-2-12)28-36(34,35)15-6-8-17-19(10-15)27-22(31)26-17/h1-10,28H,11H2,(H,23,30)(H,24,25)(H2,26,27,31). The number of nitro groups is 1. The van der Waals surface area contributed by atoms with E-state index in [1.54, 1.807) is 0 Å². The first-order valence-corrected chi connectivity index (χ1v) is 11.9. The summed E-state index contributed by atoms with van der Waals surface area (Å²) >= 11 is 0. The highest BCUT2D eigenvalue weighted by atomic mass is 32.2. The number of hydrogen-bond acceptors (Lipinski definition) is 7. The molecule has 36 heavy (non-hydrogen) atoms. The molecule has 0 atom stereocenters. The van der Waals surface area contributed by atoms with Gasteiger partial charge in [-0.2, -0.15) is 0 Å². The van der Waals surface area contributed by atoms with Crippen LogP contribution in [-0.2, 0) is 16.6 Å². The van der Waals surface area contributed by atoms with Gasteiger partial charge in [-0.1, -0.05) is 0 Å². The zero-order chi connectivity index (χ0) is 25.4. The summed E-state index contributed by atoms with van der Waals surface area (Å²) < 4.78 is 27.9. The van der Waals surface area contributed by atoms with Gasteiger partial charge in [0.1, 0.15) is 5.82 Å². The molecule has 0 saturated carbocycles. The van der Waals surface area contributed by atoms with Crippen molar-refractivity contribution in [2.45, 2.75) is 11.4 Å². The minimum atomic E-state index is -3.94. The van der Waals surface area contributed by atoms with E-state index in [4.69, 9.17) is 0 Å². The molecule has 13 nitrogen and oxygen atoms in total. The third-order valence-electron chi connectivity index (χ3n) is 5.34. The first-order valence-electron chi connectivity index (χ1n) is 10.4. The second-order valence-corrected chi connectivity index (χ2v) is 9.48. The van der Waals surface area contributed by atoms with Crippen molar-refractivity contribution in [3.8, 4) is 0 Å². The largest absolute Gasteiger partial charge is 0.345 e. The SMILES string of the molecule is O=C(NCc1nc2ccc([N+](=O)[O-])cc2[nH]1)c1ccc(NS(=O)(=O)c2ccc3[nH]c(=O)[nH]c3c2)cc1. The molecule has 0 unspecified atom stereocenters. The summed E-state index contributed by atoms with van der Waals surface area (Å²) in [5.41, 5.74) is 1.87. The summed E-state index contributed by atoms with van der Waals surface area (Å²) in [6, 6.07) is 14.2. The number of non-ortho nitro benzene ring substituents is 1. The minimum Gasteiger partial charge on any atom is -0.345 e. The molecule has 182 valence electrons. The van der Waals surface area contributed by atoms with Crippen molar-refractivity contribution >= 4 is 49.4 Å². The van der Waals surface area contributed by atoms with Crippen molar-refractivity contribution in [1.82, 2.24) is 25.3 Å². The number of sulfonamides is 1. The van der Waals surface area contributed by atoms with E-state index >= 15 is 0 Å². The average Bonchev–Trinajstić information content (AvgIpc) is 3.43. The molecule has 0 fully saturated rings. The number of nitrogens with one attached hydrogen (secondary N) is 5. The van der Waals surface area contributed by atoms with Crippen molar-refractivity contribution in [2.24, 2.45) is 0 Å². The number of H-pyrrole nitrogens is 3. The molecular formula is C22H17N7O6S. The highest BCUT2D eigenvalue weighted by Gasteiger charge is 2.16. The summed E-state index contributed by atoms with van der Waals surface area (Å²) in [7, 11) is -3.94. The van der Waals surface area contributed by atoms with Crippen molar-refractivity contribution in [2.75, 3.05) is 4.72 Å². The molecular weight excluding hydrogens is 490 g/mol. The molecule has 1 amide bonds. The Hall–Kier alpha value is -4.98. The summed E-state index contributed by atoms with van der Waals surface area (Å²) in [5, 5.41) is 13.6. The van der Waals surface area contributed by atoms with Crippen LogP contribution in [0.1, 0.15) is 16.2 Å². The number of nitro benzene ring substituents is 1. The molecule has 0 aliphatic rings. The molecule has 14 heteroatoms. The number of nitrogens with zero attached hydrogens (tertiary/aromatic N) is 2. The Morgan fingerprint density at radius 3 is 2.44 bits per heavy atom. The molecule has 2 heterocycles. The Morgan fingerprint density at radius 1 is 0.944 bits per heavy atom. The van der Waals surface area contributed by atoms with Gasteiger partial charge in [0.2, 0.25) is 0 Å². The molecule has 2 aromatic heterocycles.